The zero-order valence-corrected chi connectivity index (χ0v) is 39.5. The lowest BCUT2D eigenvalue weighted by atomic mass is 9.57. The van der Waals surface area contributed by atoms with Crippen molar-refractivity contribution in [1.82, 2.24) is 9.55 Å². The third-order valence-corrected chi connectivity index (χ3v) is 15.7. The van der Waals surface area contributed by atoms with Crippen molar-refractivity contribution >= 4 is 94.0 Å². The molecule has 3 aromatic heterocycles. The van der Waals surface area contributed by atoms with Crippen molar-refractivity contribution in [1.29, 1.82) is 0 Å². The van der Waals surface area contributed by atoms with Crippen molar-refractivity contribution in [2.45, 2.75) is 71.6 Å². The van der Waals surface area contributed by atoms with Gasteiger partial charge in [-0.15, -0.1) is 11.3 Å². The van der Waals surface area contributed by atoms with Gasteiger partial charge in [0, 0.05) is 76.1 Å². The number of hydrogen-bond donors (Lipinski definition) is 1. The van der Waals surface area contributed by atoms with Crippen molar-refractivity contribution < 1.29 is 4.42 Å². The SMILES string of the molecule is CC(C)(C)c1ccc(Nc2cc3sc4ccccc4c3cc2-c2c3c(c4c5cc(C(C)(C)C)ccc5n5c4c2[B]c2cc4nc(-c6ccccc6)oc4cc2-5)C(C)(C)c2ccccc2-3)cc1. The van der Waals surface area contributed by atoms with Crippen LogP contribution in [0.3, 0.4) is 0 Å². The molecule has 0 spiro atoms. The Bertz CT molecular complexity index is 3850. The Morgan fingerprint density at radius 1 is 0.652 bits per heavy atom. The molecule has 66 heavy (non-hydrogen) atoms. The number of oxazole rings is 1. The molecule has 2 aliphatic rings. The van der Waals surface area contributed by atoms with Crippen LogP contribution in [0.15, 0.2) is 150 Å². The van der Waals surface area contributed by atoms with Gasteiger partial charge in [-0.2, -0.15) is 0 Å². The molecule has 1 N–H and O–H groups in total. The molecule has 0 fully saturated rings. The standard InChI is InChI=1S/C60H49BN3OS/c1-58(2,3)34-22-25-36(26-23-34)62-44-31-50-39(37-18-13-15-21-49(37)66-50)29-40(44)52-51-38-19-12-14-20-42(38)60(7,8)54(51)53-41-28-35(59(4,5)6)24-27-46(41)64-47-32-48-45(30-43(47)61-55(52)56(53)64)63-57(65-48)33-16-10-9-11-17-33/h9-32,62H,1-8H3. The molecule has 319 valence electrons. The summed E-state index contributed by atoms with van der Waals surface area (Å²) in [5, 5.41) is 9.19. The van der Waals surface area contributed by atoms with Gasteiger partial charge < -0.3 is 14.3 Å². The average molecular weight is 871 g/mol. The van der Waals surface area contributed by atoms with E-state index in [1.807, 2.05) is 29.5 Å². The van der Waals surface area contributed by atoms with E-state index in [2.05, 4.69) is 200 Å². The van der Waals surface area contributed by atoms with Crippen LogP contribution < -0.4 is 16.2 Å². The molecule has 0 amide bonds. The molecule has 0 bridgehead atoms. The molecule has 0 saturated carbocycles. The van der Waals surface area contributed by atoms with Crippen LogP contribution in [0.4, 0.5) is 11.4 Å². The predicted octanol–water partition coefficient (Wildman–Crippen LogP) is 15.2. The van der Waals surface area contributed by atoms with Gasteiger partial charge >= 0.3 is 0 Å². The highest BCUT2D eigenvalue weighted by atomic mass is 32.1. The maximum Gasteiger partial charge on any atom is 0.227 e. The van der Waals surface area contributed by atoms with Gasteiger partial charge in [0.25, 0.3) is 0 Å². The molecule has 4 nitrogen and oxygen atoms in total. The largest absolute Gasteiger partial charge is 0.436 e. The molecular weight excluding hydrogens is 822 g/mol. The summed E-state index contributed by atoms with van der Waals surface area (Å²) in [5.74, 6) is 0.628. The minimum atomic E-state index is -0.300. The zero-order valence-electron chi connectivity index (χ0n) is 38.6. The van der Waals surface area contributed by atoms with Gasteiger partial charge in [-0.25, -0.2) is 4.98 Å². The van der Waals surface area contributed by atoms with Crippen LogP contribution in [0, 0.1) is 0 Å². The van der Waals surface area contributed by atoms with Crippen LogP contribution in [0.5, 0.6) is 0 Å². The molecule has 1 radical (unpaired) electrons. The number of benzene rings is 8. The number of anilines is 2. The first-order valence-corrected chi connectivity index (χ1v) is 24.0. The Hall–Kier alpha value is -6.89. The average Bonchev–Trinajstić information content (AvgIpc) is 4.04. The molecular formula is C60H49BN3OS. The first-order chi connectivity index (χ1) is 31.7. The lowest BCUT2D eigenvalue weighted by Crippen LogP contribution is -2.38. The molecule has 0 unspecified atom stereocenters. The maximum atomic E-state index is 6.62. The third kappa shape index (κ3) is 5.67. The Labute approximate surface area is 390 Å². The van der Waals surface area contributed by atoms with E-state index < -0.39 is 0 Å². The van der Waals surface area contributed by atoms with Gasteiger partial charge in [0.05, 0.1) is 5.52 Å². The molecule has 4 heterocycles. The van der Waals surface area contributed by atoms with E-state index in [0.717, 1.165) is 39.2 Å². The fourth-order valence-corrected chi connectivity index (χ4v) is 12.3. The first kappa shape index (κ1) is 39.5. The Balaban J connectivity index is 1.19. The van der Waals surface area contributed by atoms with Crippen LogP contribution in [0.2, 0.25) is 0 Å². The summed E-state index contributed by atoms with van der Waals surface area (Å²) in [6.45, 7) is 18.7. The van der Waals surface area contributed by atoms with Crippen LogP contribution in [0.1, 0.15) is 77.6 Å². The summed E-state index contributed by atoms with van der Waals surface area (Å²) in [6, 6.07) is 53.9. The van der Waals surface area contributed by atoms with E-state index in [1.54, 1.807) is 0 Å². The summed E-state index contributed by atoms with van der Waals surface area (Å²) >= 11 is 1.87. The quantitative estimate of drug-likeness (QED) is 0.179. The van der Waals surface area contributed by atoms with Crippen molar-refractivity contribution in [3.63, 3.8) is 0 Å². The molecule has 8 aromatic carbocycles. The second kappa shape index (κ2) is 13.6. The number of nitrogens with zero attached hydrogens (tertiary/aromatic N) is 2. The minimum absolute atomic E-state index is 0.0402. The topological polar surface area (TPSA) is 43.0 Å². The van der Waals surface area contributed by atoms with Gasteiger partial charge in [0.2, 0.25) is 5.89 Å². The second-order valence-electron chi connectivity index (χ2n) is 21.1. The zero-order chi connectivity index (χ0) is 45.0. The van der Waals surface area contributed by atoms with E-state index >= 15 is 0 Å². The number of nitrogens with one attached hydrogen (secondary N) is 1. The van der Waals surface area contributed by atoms with Crippen molar-refractivity contribution in [2.24, 2.45) is 0 Å². The smallest absolute Gasteiger partial charge is 0.227 e. The van der Waals surface area contributed by atoms with Crippen LogP contribution >= 0.6 is 11.3 Å². The Kier molecular flexibility index (Phi) is 8.13. The van der Waals surface area contributed by atoms with Gasteiger partial charge in [0.15, 0.2) is 12.9 Å². The molecule has 11 aromatic rings. The van der Waals surface area contributed by atoms with Gasteiger partial charge in [-0.1, -0.05) is 140 Å². The monoisotopic (exact) mass is 870 g/mol. The molecule has 6 heteroatoms. The fraction of sp³-hybridized carbons (Fsp3) is 0.183. The summed E-state index contributed by atoms with van der Waals surface area (Å²) in [6.07, 6.45) is 0. The highest BCUT2D eigenvalue weighted by Gasteiger charge is 2.43. The fourth-order valence-electron chi connectivity index (χ4n) is 11.2. The third-order valence-electron chi connectivity index (χ3n) is 14.5. The first-order valence-electron chi connectivity index (χ1n) is 23.2. The summed E-state index contributed by atoms with van der Waals surface area (Å²) in [7, 11) is 2.46. The van der Waals surface area contributed by atoms with Crippen molar-refractivity contribution in [3.05, 3.63) is 168 Å². The highest BCUT2D eigenvalue weighted by molar-refractivity contribution is 7.25. The molecule has 0 atom stereocenters. The Morgan fingerprint density at radius 3 is 2.17 bits per heavy atom. The van der Waals surface area contributed by atoms with E-state index in [0.29, 0.717) is 5.89 Å². The van der Waals surface area contributed by atoms with Gasteiger partial charge in [0.1, 0.15) is 5.52 Å². The summed E-state index contributed by atoms with van der Waals surface area (Å²) in [4.78, 5) is 5.11. The van der Waals surface area contributed by atoms with Crippen molar-refractivity contribution in [2.75, 3.05) is 5.32 Å². The molecule has 1 aliphatic carbocycles. The van der Waals surface area contributed by atoms with Crippen molar-refractivity contribution in [3.8, 4) is 39.4 Å². The number of fused-ring (bicyclic) bond motifs is 13. The summed E-state index contributed by atoms with van der Waals surface area (Å²) in [5.41, 5.74) is 20.7. The van der Waals surface area contributed by atoms with E-state index in [1.165, 1.54) is 91.9 Å². The molecule has 1 aliphatic heterocycles. The number of rotatable bonds is 4. The summed E-state index contributed by atoms with van der Waals surface area (Å²) < 4.78 is 11.7. The van der Waals surface area contributed by atoms with E-state index in [9.17, 15) is 0 Å². The maximum absolute atomic E-state index is 6.62. The Morgan fingerprint density at radius 2 is 1.38 bits per heavy atom. The minimum Gasteiger partial charge on any atom is -0.436 e. The number of hydrogen-bond acceptors (Lipinski definition) is 4. The normalized spacial score (nSPS) is 14.0. The van der Waals surface area contributed by atoms with E-state index in [-0.39, 0.29) is 16.2 Å². The highest BCUT2D eigenvalue weighted by Crippen LogP contribution is 2.58. The molecule has 13 rings (SSSR count). The lowest BCUT2D eigenvalue weighted by molar-refractivity contribution is 0.590. The van der Waals surface area contributed by atoms with Crippen LogP contribution in [-0.4, -0.2) is 16.8 Å². The number of aromatic nitrogens is 2. The lowest BCUT2D eigenvalue weighted by Gasteiger charge is -2.29. The van der Waals surface area contributed by atoms with Crippen LogP contribution in [-0.2, 0) is 16.2 Å². The number of thiophene rings is 1. The molecule has 0 saturated heterocycles. The predicted molar refractivity (Wildman–Crippen MR) is 282 cm³/mol. The van der Waals surface area contributed by atoms with Gasteiger partial charge in [-0.3, -0.25) is 0 Å². The van der Waals surface area contributed by atoms with E-state index in [4.69, 9.17) is 9.40 Å². The second-order valence-corrected chi connectivity index (χ2v) is 22.2. The van der Waals surface area contributed by atoms with Gasteiger partial charge in [-0.05, 0) is 116 Å². The van der Waals surface area contributed by atoms with Crippen LogP contribution in [0.25, 0.3) is 92.5 Å².